The van der Waals surface area contributed by atoms with Crippen LogP contribution in [0, 0.1) is 0 Å². The normalized spacial score (nSPS) is 9.58. The first-order valence-electron chi connectivity index (χ1n) is 6.27. The van der Waals surface area contributed by atoms with Crippen LogP contribution >= 0.6 is 0 Å². The molecule has 0 radical (unpaired) electrons. The zero-order chi connectivity index (χ0) is 14.1. The first kappa shape index (κ1) is 15.0. The molecule has 0 unspecified atom stereocenters. The van der Waals surface area contributed by atoms with Gasteiger partial charge in [-0.25, -0.2) is 9.59 Å². The highest BCUT2D eigenvalue weighted by atomic mass is 16.6. The van der Waals surface area contributed by atoms with Gasteiger partial charge in [0, 0.05) is 0 Å². The van der Waals surface area contributed by atoms with Gasteiger partial charge in [0.1, 0.15) is 5.57 Å². The first-order valence-corrected chi connectivity index (χ1v) is 6.27. The van der Waals surface area contributed by atoms with Gasteiger partial charge in [-0.2, -0.15) is 0 Å². The van der Waals surface area contributed by atoms with Crippen molar-refractivity contribution in [3.05, 3.63) is 47.5 Å². The van der Waals surface area contributed by atoms with Gasteiger partial charge in [-0.15, -0.1) is 0 Å². The zero-order valence-corrected chi connectivity index (χ0v) is 11.2. The van der Waals surface area contributed by atoms with Crippen LogP contribution in [0.1, 0.15) is 19.4 Å². The summed E-state index contributed by atoms with van der Waals surface area (Å²) in [5.41, 5.74) is 0.959. The van der Waals surface area contributed by atoms with Gasteiger partial charge < -0.3 is 9.47 Å². The molecule has 0 fully saturated rings. The summed E-state index contributed by atoms with van der Waals surface area (Å²) in [6.45, 7) is 3.83. The summed E-state index contributed by atoms with van der Waals surface area (Å²) >= 11 is 0. The number of carbonyl (C=O) groups is 2. The lowest BCUT2D eigenvalue weighted by atomic mass is 10.1. The quantitative estimate of drug-likeness (QED) is 0.341. The van der Waals surface area contributed by atoms with E-state index in [1.54, 1.807) is 19.9 Å². The molecule has 0 bridgehead atoms. The van der Waals surface area contributed by atoms with Gasteiger partial charge in [-0.05, 0) is 25.8 Å². The summed E-state index contributed by atoms with van der Waals surface area (Å²) in [4.78, 5) is 23.4. The van der Waals surface area contributed by atoms with Crippen molar-refractivity contribution in [1.29, 1.82) is 0 Å². The van der Waals surface area contributed by atoms with Gasteiger partial charge in [-0.3, -0.25) is 0 Å². The molecule has 0 amide bonds. The molecule has 1 rings (SSSR count). The molecule has 4 nitrogen and oxygen atoms in total. The lowest BCUT2D eigenvalue weighted by molar-refractivity contribution is -0.146. The largest absolute Gasteiger partial charge is 0.462 e. The van der Waals surface area contributed by atoms with Crippen LogP contribution in [0.2, 0.25) is 0 Å². The summed E-state index contributed by atoms with van der Waals surface area (Å²) < 4.78 is 9.70. The van der Waals surface area contributed by atoms with Crippen molar-refractivity contribution in [2.75, 3.05) is 13.2 Å². The number of allylic oxidation sites excluding steroid dienone is 1. The van der Waals surface area contributed by atoms with Gasteiger partial charge in [0.05, 0.1) is 13.2 Å². The smallest absolute Gasteiger partial charge is 0.345 e. The first-order chi connectivity index (χ1) is 9.19. The van der Waals surface area contributed by atoms with Crippen molar-refractivity contribution in [3.63, 3.8) is 0 Å². The number of esters is 2. The third kappa shape index (κ3) is 4.95. The number of ether oxygens (including phenoxy) is 2. The minimum atomic E-state index is -0.642. The van der Waals surface area contributed by atoms with Crippen LogP contribution < -0.4 is 0 Å². The Hall–Kier alpha value is -2.10. The third-order valence-corrected chi connectivity index (χ3v) is 2.38. The maximum atomic E-state index is 11.7. The van der Waals surface area contributed by atoms with E-state index in [-0.39, 0.29) is 18.8 Å². The molecule has 0 saturated heterocycles. The summed E-state index contributed by atoms with van der Waals surface area (Å²) in [5.74, 6) is -1.28. The van der Waals surface area contributed by atoms with E-state index in [9.17, 15) is 9.59 Å². The lowest BCUT2D eigenvalue weighted by Gasteiger charge is -2.06. The Bertz CT molecular complexity index is 428. The van der Waals surface area contributed by atoms with E-state index in [1.807, 2.05) is 30.3 Å². The van der Waals surface area contributed by atoms with E-state index in [0.29, 0.717) is 6.42 Å². The Morgan fingerprint density at radius 2 is 1.53 bits per heavy atom. The molecule has 102 valence electrons. The Morgan fingerprint density at radius 3 is 2.00 bits per heavy atom. The molecule has 0 saturated carbocycles. The van der Waals surface area contributed by atoms with Crippen LogP contribution in [-0.4, -0.2) is 25.2 Å². The molecule has 19 heavy (non-hydrogen) atoms. The second-order valence-electron chi connectivity index (χ2n) is 3.75. The number of rotatable bonds is 6. The highest BCUT2D eigenvalue weighted by Crippen LogP contribution is 2.07. The number of benzene rings is 1. The number of hydrogen-bond donors (Lipinski definition) is 0. The van der Waals surface area contributed by atoms with Gasteiger partial charge >= 0.3 is 11.9 Å². The maximum absolute atomic E-state index is 11.7. The molecule has 0 N–H and O–H groups in total. The van der Waals surface area contributed by atoms with Crippen LogP contribution in [0.3, 0.4) is 0 Å². The molecule has 0 aromatic heterocycles. The van der Waals surface area contributed by atoms with Crippen LogP contribution in [-0.2, 0) is 25.5 Å². The van der Waals surface area contributed by atoms with Crippen LogP contribution in [0.15, 0.2) is 42.0 Å². The van der Waals surface area contributed by atoms with Crippen LogP contribution in [0.5, 0.6) is 0 Å². The molecule has 4 heteroatoms. The standard InChI is InChI=1S/C15H18O4/c1-3-18-14(16)13(15(17)19-4-2)11-10-12-8-6-5-7-9-12/h5-9,11H,3-4,10H2,1-2H3. The lowest BCUT2D eigenvalue weighted by Crippen LogP contribution is -2.18. The van der Waals surface area contributed by atoms with Crippen molar-refractivity contribution in [1.82, 2.24) is 0 Å². The van der Waals surface area contributed by atoms with Crippen molar-refractivity contribution in [2.24, 2.45) is 0 Å². The van der Waals surface area contributed by atoms with Gasteiger partial charge in [0.15, 0.2) is 0 Å². The van der Waals surface area contributed by atoms with E-state index in [0.717, 1.165) is 5.56 Å². The Balaban J connectivity index is 2.83. The van der Waals surface area contributed by atoms with E-state index in [4.69, 9.17) is 9.47 Å². The van der Waals surface area contributed by atoms with Gasteiger partial charge in [0.25, 0.3) is 0 Å². The van der Waals surface area contributed by atoms with E-state index < -0.39 is 11.9 Å². The minimum absolute atomic E-state index is 0.0486. The molecule has 1 aromatic rings. The second kappa shape index (κ2) is 8.08. The van der Waals surface area contributed by atoms with Crippen LogP contribution in [0.4, 0.5) is 0 Å². The molecule has 0 heterocycles. The predicted molar refractivity (Wildman–Crippen MR) is 71.5 cm³/mol. The highest BCUT2D eigenvalue weighted by molar-refractivity contribution is 6.14. The van der Waals surface area contributed by atoms with E-state index in [1.165, 1.54) is 0 Å². The fourth-order valence-corrected chi connectivity index (χ4v) is 1.50. The summed E-state index contributed by atoms with van der Waals surface area (Å²) in [7, 11) is 0. The fourth-order valence-electron chi connectivity index (χ4n) is 1.50. The summed E-state index contributed by atoms with van der Waals surface area (Å²) in [6, 6.07) is 9.55. The van der Waals surface area contributed by atoms with Crippen molar-refractivity contribution < 1.29 is 19.1 Å². The number of carbonyl (C=O) groups excluding carboxylic acids is 2. The predicted octanol–water partition coefficient (Wildman–Crippen LogP) is 2.28. The number of hydrogen-bond acceptors (Lipinski definition) is 4. The molecule has 0 atom stereocenters. The summed E-state index contributed by atoms with van der Waals surface area (Å²) in [6.07, 6.45) is 2.03. The van der Waals surface area contributed by atoms with Gasteiger partial charge in [-0.1, -0.05) is 36.4 Å². The molecular weight excluding hydrogens is 244 g/mol. The van der Waals surface area contributed by atoms with Crippen LogP contribution in [0.25, 0.3) is 0 Å². The zero-order valence-electron chi connectivity index (χ0n) is 11.2. The van der Waals surface area contributed by atoms with E-state index in [2.05, 4.69) is 0 Å². The average molecular weight is 262 g/mol. The molecule has 1 aromatic carbocycles. The topological polar surface area (TPSA) is 52.6 Å². The minimum Gasteiger partial charge on any atom is -0.462 e. The maximum Gasteiger partial charge on any atom is 0.345 e. The molecule has 0 aliphatic heterocycles. The third-order valence-electron chi connectivity index (χ3n) is 2.38. The Kier molecular flexibility index (Phi) is 6.36. The Labute approximate surface area is 113 Å². The van der Waals surface area contributed by atoms with Gasteiger partial charge in [0.2, 0.25) is 0 Å². The molecule has 0 aliphatic carbocycles. The van der Waals surface area contributed by atoms with Crippen molar-refractivity contribution >= 4 is 11.9 Å². The Morgan fingerprint density at radius 1 is 1.00 bits per heavy atom. The molecule has 0 spiro atoms. The van der Waals surface area contributed by atoms with Crippen molar-refractivity contribution in [3.8, 4) is 0 Å². The van der Waals surface area contributed by atoms with E-state index >= 15 is 0 Å². The van der Waals surface area contributed by atoms with Crippen molar-refractivity contribution in [2.45, 2.75) is 20.3 Å². The fraction of sp³-hybridized carbons (Fsp3) is 0.333. The average Bonchev–Trinajstić information content (AvgIpc) is 2.41. The summed E-state index contributed by atoms with van der Waals surface area (Å²) in [5, 5.41) is 0. The second-order valence-corrected chi connectivity index (χ2v) is 3.75. The SMILES string of the molecule is CCOC(=O)C(=CCc1ccccc1)C(=O)OCC. The molecule has 0 aliphatic rings. The monoisotopic (exact) mass is 262 g/mol. The highest BCUT2D eigenvalue weighted by Gasteiger charge is 2.20. The molecular formula is C15H18O4.